The molecule has 1 saturated heterocycles. The summed E-state index contributed by atoms with van der Waals surface area (Å²) in [5, 5.41) is 0. The van der Waals surface area contributed by atoms with Gasteiger partial charge in [0.2, 0.25) is 11.6 Å². The van der Waals surface area contributed by atoms with Crippen molar-refractivity contribution in [1.29, 1.82) is 0 Å². The van der Waals surface area contributed by atoms with E-state index in [2.05, 4.69) is 0 Å². The van der Waals surface area contributed by atoms with Crippen LogP contribution in [0.15, 0.2) is 54.6 Å². The van der Waals surface area contributed by atoms with Crippen molar-refractivity contribution in [1.82, 2.24) is 0 Å². The molecule has 3 rings (SSSR count). The minimum absolute atomic E-state index is 0.328. The summed E-state index contributed by atoms with van der Waals surface area (Å²) in [6.45, 7) is 0. The zero-order chi connectivity index (χ0) is 12.5. The first-order valence-electron chi connectivity index (χ1n) is 5.91. The van der Waals surface area contributed by atoms with Crippen LogP contribution in [0.4, 0.5) is 0 Å². The summed E-state index contributed by atoms with van der Waals surface area (Å²) in [5.74, 6) is -1.27. The Morgan fingerprint density at radius 3 is 2.39 bits per heavy atom. The van der Waals surface area contributed by atoms with E-state index >= 15 is 0 Å². The van der Waals surface area contributed by atoms with Crippen LogP contribution in [-0.4, -0.2) is 17.7 Å². The second kappa shape index (κ2) is 4.35. The van der Waals surface area contributed by atoms with Gasteiger partial charge in [-0.1, -0.05) is 54.6 Å². The number of Topliss-reactive ketones (excluding diaryl/α,β-unsaturated/α-hetero) is 2. The van der Waals surface area contributed by atoms with E-state index in [1.807, 2.05) is 30.4 Å². The second-order valence-corrected chi connectivity index (χ2v) is 4.42. The molecule has 3 heteroatoms. The van der Waals surface area contributed by atoms with E-state index in [0.717, 1.165) is 5.56 Å². The summed E-state index contributed by atoms with van der Waals surface area (Å²) in [7, 11) is 0. The molecule has 2 aliphatic rings. The van der Waals surface area contributed by atoms with E-state index in [4.69, 9.17) is 4.74 Å². The molecular formula is C15H12O3. The number of ketones is 2. The van der Waals surface area contributed by atoms with Crippen LogP contribution in [0.3, 0.4) is 0 Å². The van der Waals surface area contributed by atoms with Crippen molar-refractivity contribution in [2.75, 3.05) is 0 Å². The molecule has 0 spiro atoms. The Hall–Kier alpha value is -2.00. The molecule has 3 atom stereocenters. The molecule has 1 aliphatic heterocycles. The van der Waals surface area contributed by atoms with Crippen LogP contribution >= 0.6 is 0 Å². The summed E-state index contributed by atoms with van der Waals surface area (Å²) in [5.41, 5.74) is 0.734. The van der Waals surface area contributed by atoms with Crippen LogP contribution in [0.1, 0.15) is 11.7 Å². The first-order valence-corrected chi connectivity index (χ1v) is 5.91. The van der Waals surface area contributed by atoms with Gasteiger partial charge in [0, 0.05) is 0 Å². The van der Waals surface area contributed by atoms with Crippen molar-refractivity contribution in [2.45, 2.75) is 12.2 Å². The minimum atomic E-state index is -0.768. The van der Waals surface area contributed by atoms with E-state index in [-0.39, 0.29) is 11.9 Å². The van der Waals surface area contributed by atoms with Crippen LogP contribution in [-0.2, 0) is 14.3 Å². The number of benzene rings is 1. The fourth-order valence-electron chi connectivity index (χ4n) is 2.32. The number of carbonyl (C=O) groups excluding carboxylic acids is 2. The first-order chi connectivity index (χ1) is 8.77. The maximum Gasteiger partial charge on any atom is 0.232 e. The molecule has 1 fully saturated rings. The molecule has 1 heterocycles. The molecule has 3 unspecified atom stereocenters. The predicted molar refractivity (Wildman–Crippen MR) is 65.8 cm³/mol. The van der Waals surface area contributed by atoms with Crippen molar-refractivity contribution in [3.05, 3.63) is 60.2 Å². The smallest absolute Gasteiger partial charge is 0.232 e. The Morgan fingerprint density at radius 1 is 0.889 bits per heavy atom. The Morgan fingerprint density at radius 2 is 1.61 bits per heavy atom. The molecule has 1 aromatic rings. The molecule has 1 aromatic carbocycles. The topological polar surface area (TPSA) is 43.4 Å². The molecular weight excluding hydrogens is 228 g/mol. The molecule has 3 nitrogen and oxygen atoms in total. The molecule has 18 heavy (non-hydrogen) atoms. The average Bonchev–Trinajstić information content (AvgIpc) is 2.44. The van der Waals surface area contributed by atoms with E-state index < -0.39 is 17.8 Å². The van der Waals surface area contributed by atoms with Crippen LogP contribution in [0.5, 0.6) is 0 Å². The van der Waals surface area contributed by atoms with E-state index in [1.165, 1.54) is 0 Å². The van der Waals surface area contributed by atoms with Gasteiger partial charge in [0.1, 0.15) is 6.10 Å². The van der Waals surface area contributed by atoms with Crippen molar-refractivity contribution < 1.29 is 14.3 Å². The summed E-state index contributed by atoms with van der Waals surface area (Å²) in [6, 6.07) is 9.14. The molecule has 1 aliphatic carbocycles. The van der Waals surface area contributed by atoms with Crippen LogP contribution < -0.4 is 0 Å². The van der Waals surface area contributed by atoms with Crippen molar-refractivity contribution in [3.63, 3.8) is 0 Å². The van der Waals surface area contributed by atoms with Crippen LogP contribution in [0, 0.1) is 5.92 Å². The van der Waals surface area contributed by atoms with Crippen LogP contribution in [0.25, 0.3) is 0 Å². The maximum atomic E-state index is 12.0. The number of rotatable bonds is 1. The molecule has 0 aromatic heterocycles. The molecule has 90 valence electrons. The zero-order valence-corrected chi connectivity index (χ0v) is 9.65. The van der Waals surface area contributed by atoms with Crippen molar-refractivity contribution in [2.24, 2.45) is 5.92 Å². The highest BCUT2D eigenvalue weighted by atomic mass is 16.5. The van der Waals surface area contributed by atoms with Gasteiger partial charge < -0.3 is 4.74 Å². The van der Waals surface area contributed by atoms with Crippen LogP contribution in [0.2, 0.25) is 0 Å². The largest absolute Gasteiger partial charge is 0.357 e. The Kier molecular flexibility index (Phi) is 2.68. The Bertz CT molecular complexity index is 542. The standard InChI is InChI=1S/C15H12O3/c16-13-11-8-4-5-9-12(11)18-15(14(13)17)10-6-2-1-3-7-10/h1-9,11-12,15H. The summed E-state index contributed by atoms with van der Waals surface area (Å²) < 4.78 is 5.75. The Labute approximate surface area is 105 Å². The highest BCUT2D eigenvalue weighted by Gasteiger charge is 2.42. The quantitative estimate of drug-likeness (QED) is 0.705. The summed E-state index contributed by atoms with van der Waals surface area (Å²) in [4.78, 5) is 24.1. The zero-order valence-electron chi connectivity index (χ0n) is 9.65. The fourth-order valence-corrected chi connectivity index (χ4v) is 2.32. The molecule has 0 radical (unpaired) electrons. The lowest BCUT2D eigenvalue weighted by Gasteiger charge is -2.32. The molecule has 0 N–H and O–H groups in total. The van der Waals surface area contributed by atoms with Gasteiger partial charge in [0.05, 0.1) is 12.0 Å². The number of hydrogen-bond donors (Lipinski definition) is 0. The molecule has 0 amide bonds. The predicted octanol–water partition coefficient (Wildman–Crippen LogP) is 2.01. The summed E-state index contributed by atoms with van der Waals surface area (Å²) in [6.07, 6.45) is 6.07. The third-order valence-electron chi connectivity index (χ3n) is 3.26. The lowest BCUT2D eigenvalue weighted by molar-refractivity contribution is -0.157. The molecule has 0 bridgehead atoms. The van der Waals surface area contributed by atoms with E-state index in [0.29, 0.717) is 0 Å². The number of fused-ring (bicyclic) bond motifs is 1. The summed E-state index contributed by atoms with van der Waals surface area (Å²) >= 11 is 0. The average molecular weight is 240 g/mol. The Balaban J connectivity index is 1.94. The minimum Gasteiger partial charge on any atom is -0.357 e. The van der Waals surface area contributed by atoms with Gasteiger partial charge in [-0.15, -0.1) is 0 Å². The third kappa shape index (κ3) is 1.73. The highest BCUT2D eigenvalue weighted by Crippen LogP contribution is 2.32. The number of allylic oxidation sites excluding steroid dienone is 2. The molecule has 0 saturated carbocycles. The SMILES string of the molecule is O=C1C(=O)C2C=CC=CC2OC1c1ccccc1. The maximum absolute atomic E-state index is 12.0. The van der Waals surface area contributed by atoms with Gasteiger partial charge >= 0.3 is 0 Å². The lowest BCUT2D eigenvalue weighted by Crippen LogP contribution is -2.43. The van der Waals surface area contributed by atoms with Gasteiger partial charge in [-0.25, -0.2) is 0 Å². The third-order valence-corrected chi connectivity index (χ3v) is 3.26. The first kappa shape index (κ1) is 11.1. The van der Waals surface area contributed by atoms with Gasteiger partial charge in [0.25, 0.3) is 0 Å². The highest BCUT2D eigenvalue weighted by molar-refractivity contribution is 6.40. The normalized spacial score (nSPS) is 30.3. The van der Waals surface area contributed by atoms with E-state index in [1.54, 1.807) is 24.3 Å². The van der Waals surface area contributed by atoms with E-state index in [9.17, 15) is 9.59 Å². The van der Waals surface area contributed by atoms with Gasteiger partial charge in [-0.3, -0.25) is 9.59 Å². The monoisotopic (exact) mass is 240 g/mol. The second-order valence-electron chi connectivity index (χ2n) is 4.42. The van der Waals surface area contributed by atoms with Crippen molar-refractivity contribution in [3.8, 4) is 0 Å². The number of carbonyl (C=O) groups is 2. The van der Waals surface area contributed by atoms with Gasteiger partial charge in [0.15, 0.2) is 0 Å². The van der Waals surface area contributed by atoms with Crippen molar-refractivity contribution >= 4 is 11.6 Å². The fraction of sp³-hybridized carbons (Fsp3) is 0.200. The number of hydrogen-bond acceptors (Lipinski definition) is 3. The lowest BCUT2D eigenvalue weighted by atomic mass is 9.85. The number of ether oxygens (including phenoxy) is 1. The van der Waals surface area contributed by atoms with Gasteiger partial charge in [-0.2, -0.15) is 0 Å². The van der Waals surface area contributed by atoms with Gasteiger partial charge in [-0.05, 0) is 5.56 Å².